The summed E-state index contributed by atoms with van der Waals surface area (Å²) in [6.45, 7) is 3.95. The molecule has 0 saturated carbocycles. The van der Waals surface area contributed by atoms with Crippen LogP contribution in [0.4, 0.5) is 0 Å². The molecule has 0 unspecified atom stereocenters. The molecule has 16 heavy (non-hydrogen) atoms. The topological polar surface area (TPSA) is 43.6 Å². The van der Waals surface area contributed by atoms with Crippen LogP contribution < -0.4 is 0 Å². The second kappa shape index (κ2) is 4.61. The van der Waals surface area contributed by atoms with Crippen molar-refractivity contribution in [1.82, 2.24) is 19.5 Å². The molecule has 0 aliphatic rings. The monoisotopic (exact) mass is 236 g/mol. The Morgan fingerprint density at radius 1 is 1.38 bits per heavy atom. The Morgan fingerprint density at radius 2 is 2.19 bits per heavy atom. The van der Waals surface area contributed by atoms with Crippen molar-refractivity contribution < 1.29 is 0 Å². The van der Waals surface area contributed by atoms with E-state index in [4.69, 9.17) is 11.6 Å². The van der Waals surface area contributed by atoms with E-state index in [0.717, 1.165) is 24.5 Å². The molecule has 5 heteroatoms. The molecule has 0 aliphatic heterocycles. The second-order valence-corrected chi connectivity index (χ2v) is 3.95. The Bertz CT molecular complexity index is 472. The lowest BCUT2D eigenvalue weighted by molar-refractivity contribution is 0.792. The molecule has 0 radical (unpaired) electrons. The molecule has 0 aromatic carbocycles. The summed E-state index contributed by atoms with van der Waals surface area (Å²) >= 11 is 5.91. The highest BCUT2D eigenvalue weighted by molar-refractivity contribution is 6.29. The van der Waals surface area contributed by atoms with E-state index in [-0.39, 0.29) is 0 Å². The van der Waals surface area contributed by atoms with Gasteiger partial charge in [-0.05, 0) is 13.3 Å². The van der Waals surface area contributed by atoms with Gasteiger partial charge in [0.25, 0.3) is 0 Å². The molecule has 0 aliphatic carbocycles. The van der Waals surface area contributed by atoms with Crippen molar-refractivity contribution in [2.45, 2.75) is 26.7 Å². The average Bonchev–Trinajstić information content (AvgIpc) is 2.65. The standard InChI is InChI=1S/C11H13ClN4/c1-3-4-10-13-5-6-16(10)11-7-9(12)14-8(2)15-11/h5-7H,3-4H2,1-2H3. The van der Waals surface area contributed by atoms with Crippen molar-refractivity contribution in [3.63, 3.8) is 0 Å². The Balaban J connectivity index is 2.45. The zero-order valence-corrected chi connectivity index (χ0v) is 10.1. The van der Waals surface area contributed by atoms with Gasteiger partial charge in [0.15, 0.2) is 0 Å². The van der Waals surface area contributed by atoms with E-state index >= 15 is 0 Å². The molecule has 0 atom stereocenters. The molecule has 0 N–H and O–H groups in total. The summed E-state index contributed by atoms with van der Waals surface area (Å²) in [5, 5.41) is 0.457. The van der Waals surface area contributed by atoms with E-state index < -0.39 is 0 Å². The van der Waals surface area contributed by atoms with Crippen molar-refractivity contribution in [1.29, 1.82) is 0 Å². The number of aryl methyl sites for hydroxylation is 2. The zero-order chi connectivity index (χ0) is 11.5. The summed E-state index contributed by atoms with van der Waals surface area (Å²) in [5.74, 6) is 2.44. The van der Waals surface area contributed by atoms with Crippen LogP contribution in [0.5, 0.6) is 0 Å². The second-order valence-electron chi connectivity index (χ2n) is 3.56. The van der Waals surface area contributed by atoms with Gasteiger partial charge in [-0.2, -0.15) is 0 Å². The molecule has 0 bridgehead atoms. The largest absolute Gasteiger partial charge is 0.288 e. The Labute approximate surface area is 99.3 Å². The molecule has 2 aromatic rings. The van der Waals surface area contributed by atoms with Gasteiger partial charge < -0.3 is 0 Å². The molecular weight excluding hydrogens is 224 g/mol. The summed E-state index contributed by atoms with van der Waals surface area (Å²) in [7, 11) is 0. The van der Waals surface area contributed by atoms with Gasteiger partial charge in [0.05, 0.1) is 0 Å². The molecule has 0 amide bonds. The lowest BCUT2D eigenvalue weighted by Crippen LogP contribution is -2.04. The van der Waals surface area contributed by atoms with Crippen LogP contribution in [0.25, 0.3) is 5.82 Å². The first-order valence-electron chi connectivity index (χ1n) is 5.24. The van der Waals surface area contributed by atoms with Crippen molar-refractivity contribution in [3.8, 4) is 5.82 Å². The molecule has 0 saturated heterocycles. The lowest BCUT2D eigenvalue weighted by Gasteiger charge is -2.06. The molecule has 84 valence electrons. The molecule has 0 fully saturated rings. The quantitative estimate of drug-likeness (QED) is 0.770. The van der Waals surface area contributed by atoms with Crippen LogP contribution in [0.2, 0.25) is 5.15 Å². The first kappa shape index (κ1) is 11.1. The predicted molar refractivity (Wildman–Crippen MR) is 62.9 cm³/mol. The summed E-state index contributed by atoms with van der Waals surface area (Å²) in [5.41, 5.74) is 0. The van der Waals surface area contributed by atoms with E-state index in [1.807, 2.05) is 17.7 Å². The van der Waals surface area contributed by atoms with Gasteiger partial charge >= 0.3 is 0 Å². The van der Waals surface area contributed by atoms with Crippen molar-refractivity contribution >= 4 is 11.6 Å². The van der Waals surface area contributed by atoms with Crippen LogP contribution in [0.1, 0.15) is 25.0 Å². The number of aromatic nitrogens is 4. The van der Waals surface area contributed by atoms with Crippen molar-refractivity contribution in [2.75, 3.05) is 0 Å². The molecule has 2 rings (SSSR count). The van der Waals surface area contributed by atoms with Crippen LogP contribution >= 0.6 is 11.6 Å². The maximum atomic E-state index is 5.91. The van der Waals surface area contributed by atoms with Gasteiger partial charge in [-0.1, -0.05) is 18.5 Å². The van der Waals surface area contributed by atoms with Gasteiger partial charge in [-0.3, -0.25) is 4.57 Å². The molecule has 4 nitrogen and oxygen atoms in total. The molecule has 0 spiro atoms. The third kappa shape index (κ3) is 2.22. The van der Waals surface area contributed by atoms with Crippen molar-refractivity contribution in [2.24, 2.45) is 0 Å². The van der Waals surface area contributed by atoms with E-state index in [1.54, 1.807) is 12.3 Å². The maximum Gasteiger partial charge on any atom is 0.143 e. The van der Waals surface area contributed by atoms with Crippen molar-refractivity contribution in [3.05, 3.63) is 35.3 Å². The highest BCUT2D eigenvalue weighted by Crippen LogP contribution is 2.13. The minimum atomic E-state index is 0.457. The van der Waals surface area contributed by atoms with E-state index in [1.165, 1.54) is 0 Å². The fourth-order valence-electron chi connectivity index (χ4n) is 1.59. The number of rotatable bonds is 3. The Hall–Kier alpha value is -1.42. The third-order valence-corrected chi connectivity index (χ3v) is 2.42. The summed E-state index contributed by atoms with van der Waals surface area (Å²) in [6.07, 6.45) is 5.64. The molecule has 2 aromatic heterocycles. The highest BCUT2D eigenvalue weighted by atomic mass is 35.5. The van der Waals surface area contributed by atoms with Crippen LogP contribution in [0, 0.1) is 6.92 Å². The lowest BCUT2D eigenvalue weighted by atomic mass is 10.3. The maximum absolute atomic E-state index is 5.91. The van der Waals surface area contributed by atoms with Gasteiger partial charge in [0.2, 0.25) is 0 Å². The summed E-state index contributed by atoms with van der Waals surface area (Å²) < 4.78 is 1.95. The number of halogens is 1. The number of imidazole rings is 1. The number of nitrogens with zero attached hydrogens (tertiary/aromatic N) is 4. The van der Waals surface area contributed by atoms with Crippen LogP contribution in [-0.2, 0) is 6.42 Å². The Morgan fingerprint density at radius 3 is 2.88 bits per heavy atom. The first-order valence-corrected chi connectivity index (χ1v) is 5.62. The number of hydrogen-bond donors (Lipinski definition) is 0. The number of hydrogen-bond acceptors (Lipinski definition) is 3. The predicted octanol–water partition coefficient (Wildman–Crippen LogP) is 2.58. The average molecular weight is 237 g/mol. The van der Waals surface area contributed by atoms with Gasteiger partial charge in [0.1, 0.15) is 22.6 Å². The van der Waals surface area contributed by atoms with Crippen LogP contribution in [0.15, 0.2) is 18.5 Å². The van der Waals surface area contributed by atoms with Crippen LogP contribution in [-0.4, -0.2) is 19.5 Å². The zero-order valence-electron chi connectivity index (χ0n) is 9.31. The van der Waals surface area contributed by atoms with E-state index in [0.29, 0.717) is 11.0 Å². The van der Waals surface area contributed by atoms with E-state index in [9.17, 15) is 0 Å². The van der Waals surface area contributed by atoms with Gasteiger partial charge in [-0.25, -0.2) is 15.0 Å². The van der Waals surface area contributed by atoms with Gasteiger partial charge in [0, 0.05) is 24.9 Å². The summed E-state index contributed by atoms with van der Waals surface area (Å²) in [4.78, 5) is 12.7. The minimum absolute atomic E-state index is 0.457. The van der Waals surface area contributed by atoms with E-state index in [2.05, 4.69) is 21.9 Å². The third-order valence-electron chi connectivity index (χ3n) is 2.23. The highest BCUT2D eigenvalue weighted by Gasteiger charge is 2.07. The SMILES string of the molecule is CCCc1nccn1-c1cc(Cl)nc(C)n1. The Kier molecular flexibility index (Phi) is 3.19. The van der Waals surface area contributed by atoms with Crippen LogP contribution in [0.3, 0.4) is 0 Å². The van der Waals surface area contributed by atoms with Gasteiger partial charge in [-0.15, -0.1) is 0 Å². The fraction of sp³-hybridized carbons (Fsp3) is 0.364. The first-order chi connectivity index (χ1) is 7.70. The summed E-state index contributed by atoms with van der Waals surface area (Å²) in [6, 6.07) is 1.75. The molecular formula is C11H13ClN4. The smallest absolute Gasteiger partial charge is 0.143 e. The normalized spacial score (nSPS) is 10.7. The fourth-order valence-corrected chi connectivity index (χ4v) is 1.81. The molecule has 2 heterocycles. The minimum Gasteiger partial charge on any atom is -0.288 e.